The second kappa shape index (κ2) is 13.4. The summed E-state index contributed by atoms with van der Waals surface area (Å²) >= 11 is 6.23. The molecule has 2 spiro atoms. The fourth-order valence-electron chi connectivity index (χ4n) is 15.6. The van der Waals surface area contributed by atoms with E-state index >= 15 is 0 Å². The van der Waals surface area contributed by atoms with E-state index in [4.69, 9.17) is 21.1 Å². The van der Waals surface area contributed by atoms with Crippen LogP contribution in [0.3, 0.4) is 0 Å². The molecular formula is C48H66ClNO7. The van der Waals surface area contributed by atoms with E-state index in [-0.39, 0.29) is 70.2 Å². The first-order chi connectivity index (χ1) is 26.5. The molecule has 57 heavy (non-hydrogen) atoms. The quantitative estimate of drug-likeness (QED) is 0.272. The maximum Gasteiger partial charge on any atom is 0.320 e. The molecule has 0 bridgehead atoms. The van der Waals surface area contributed by atoms with Gasteiger partial charge in [0.05, 0.1) is 18.4 Å². The highest BCUT2D eigenvalue weighted by atomic mass is 35.5. The highest BCUT2D eigenvalue weighted by Gasteiger charge is 2.77. The van der Waals surface area contributed by atoms with Crippen LogP contribution >= 0.6 is 11.6 Å². The maximum absolute atomic E-state index is 14.6. The molecule has 9 heteroatoms. The third kappa shape index (κ3) is 5.81. The van der Waals surface area contributed by atoms with E-state index in [1.807, 2.05) is 24.3 Å². The normalized spacial score (nSPS) is 41.2. The van der Waals surface area contributed by atoms with Crippen molar-refractivity contribution in [3.63, 3.8) is 0 Å². The largest absolute Gasteiger partial charge is 0.481 e. The van der Waals surface area contributed by atoms with E-state index in [0.29, 0.717) is 36.4 Å². The van der Waals surface area contributed by atoms with Crippen LogP contribution in [-0.2, 0) is 35.2 Å². The number of ether oxygens (including phenoxy) is 2. The van der Waals surface area contributed by atoms with E-state index < -0.39 is 28.4 Å². The third-order valence-electron chi connectivity index (χ3n) is 18.2. The van der Waals surface area contributed by atoms with Gasteiger partial charge in [-0.15, -0.1) is 0 Å². The minimum Gasteiger partial charge on any atom is -0.481 e. The molecule has 312 valence electrons. The minimum atomic E-state index is -1.17. The summed E-state index contributed by atoms with van der Waals surface area (Å²) in [5.74, 6) is 0.0781. The molecule has 3 unspecified atom stereocenters. The summed E-state index contributed by atoms with van der Waals surface area (Å²) in [5.41, 5.74) is 0.887. The lowest BCUT2D eigenvalue weighted by molar-refractivity contribution is -0.243. The Balaban J connectivity index is 1.12. The number of fused-ring (bicyclic) bond motifs is 6. The number of carboxylic acids is 1. The average Bonchev–Trinajstić information content (AvgIpc) is 3.57. The van der Waals surface area contributed by atoms with Crippen molar-refractivity contribution in [2.24, 2.45) is 62.1 Å². The standard InChI is InChI=1S/C48H66ClNO7/c1-28(2)39-33(51)23-48-30(16-21-47(48)27-50(26-38(53)57-47)25-29-10-12-31(49)13-11-29)22-46(9)32(40(39)48)14-15-35-44(7)19-18-36(56-37(52)24-42(3,4)41(54)55)43(5,6)34(44)17-20-45(35,46)8/h10-13,28,30,32,34-36H,14-27H2,1-9H3,(H,54,55)/t30?,32?,34-,35+,36-,44-,45+,46+,47?,48-/m0/s1. The highest BCUT2D eigenvalue weighted by molar-refractivity contribution is 6.30. The van der Waals surface area contributed by atoms with Gasteiger partial charge in [-0.25, -0.2) is 0 Å². The van der Waals surface area contributed by atoms with E-state index in [9.17, 15) is 24.3 Å². The SMILES string of the molecule is CC(C)C1=C2C3CC[C@@H]4[C@@]5(C)CC[C@H](OC(=O)CC(C)(C)C(=O)O)C(C)(C)[C@@H]5CC[C@@]4(C)[C@]3(C)CC3CCC4(CN(Cc5ccc(Cl)cc5)CC(=O)O4)[C@]23CC1=O. The molecule has 1 heterocycles. The van der Waals surface area contributed by atoms with Crippen molar-refractivity contribution >= 4 is 35.3 Å². The van der Waals surface area contributed by atoms with Crippen LogP contribution in [0.5, 0.6) is 0 Å². The number of hydrogen-bond donors (Lipinski definition) is 1. The predicted molar refractivity (Wildman–Crippen MR) is 219 cm³/mol. The summed E-state index contributed by atoms with van der Waals surface area (Å²) in [6.07, 6.45) is 8.78. The number of carboxylic acid groups (broad SMARTS) is 1. The fourth-order valence-corrected chi connectivity index (χ4v) is 15.7. The summed E-state index contributed by atoms with van der Waals surface area (Å²) < 4.78 is 13.0. The van der Waals surface area contributed by atoms with Crippen LogP contribution in [-0.4, -0.2) is 58.5 Å². The van der Waals surface area contributed by atoms with Gasteiger partial charge < -0.3 is 14.6 Å². The number of carbonyl (C=O) groups is 4. The van der Waals surface area contributed by atoms with Gasteiger partial charge >= 0.3 is 17.9 Å². The average molecular weight is 805 g/mol. The van der Waals surface area contributed by atoms with Crippen LogP contribution in [0.2, 0.25) is 5.02 Å². The molecule has 1 aromatic carbocycles. The molecule has 8 nitrogen and oxygen atoms in total. The molecular weight excluding hydrogens is 738 g/mol. The first-order valence-electron chi connectivity index (χ1n) is 21.9. The Morgan fingerprint density at radius 2 is 1.65 bits per heavy atom. The van der Waals surface area contributed by atoms with Gasteiger partial charge in [0.15, 0.2) is 5.78 Å². The second-order valence-electron chi connectivity index (χ2n) is 22.1. The summed E-state index contributed by atoms with van der Waals surface area (Å²) in [4.78, 5) is 55.7. The molecule has 1 saturated heterocycles. The van der Waals surface area contributed by atoms with Crippen molar-refractivity contribution in [2.45, 2.75) is 151 Å². The highest BCUT2D eigenvalue weighted by Crippen LogP contribution is 2.80. The van der Waals surface area contributed by atoms with Crippen molar-refractivity contribution in [1.82, 2.24) is 4.90 Å². The van der Waals surface area contributed by atoms with Gasteiger partial charge in [-0.1, -0.05) is 72.2 Å². The van der Waals surface area contributed by atoms with E-state index in [1.54, 1.807) is 13.8 Å². The molecule has 6 aliphatic carbocycles. The number of ketones is 1. The summed E-state index contributed by atoms with van der Waals surface area (Å²) in [5, 5.41) is 10.4. The van der Waals surface area contributed by atoms with Gasteiger partial charge in [-0.2, -0.15) is 0 Å². The lowest BCUT2D eigenvalue weighted by Gasteiger charge is -2.73. The Labute approximate surface area is 345 Å². The van der Waals surface area contributed by atoms with Crippen molar-refractivity contribution in [1.29, 1.82) is 0 Å². The molecule has 10 atom stereocenters. The lowest BCUT2D eigenvalue weighted by atomic mass is 9.32. The summed E-state index contributed by atoms with van der Waals surface area (Å²) in [6, 6.07) is 7.89. The van der Waals surface area contributed by atoms with E-state index in [2.05, 4.69) is 53.4 Å². The van der Waals surface area contributed by atoms with Crippen LogP contribution in [0.15, 0.2) is 35.4 Å². The zero-order chi connectivity index (χ0) is 41.3. The molecule has 8 rings (SSSR count). The summed E-state index contributed by atoms with van der Waals surface area (Å²) in [7, 11) is 0. The number of hydrogen-bond acceptors (Lipinski definition) is 7. The number of nitrogens with zero attached hydrogens (tertiary/aromatic N) is 1. The maximum atomic E-state index is 14.6. The topological polar surface area (TPSA) is 110 Å². The van der Waals surface area contributed by atoms with Gasteiger partial charge in [-0.05, 0) is 146 Å². The third-order valence-corrected chi connectivity index (χ3v) is 18.5. The molecule has 0 radical (unpaired) electrons. The molecule has 5 saturated carbocycles. The Bertz CT molecular complexity index is 1900. The predicted octanol–water partition coefficient (Wildman–Crippen LogP) is 9.85. The molecule has 0 amide bonds. The number of benzene rings is 1. The molecule has 1 aliphatic heterocycles. The number of rotatable bonds is 7. The second-order valence-corrected chi connectivity index (χ2v) is 22.5. The number of carbonyl (C=O) groups excluding carboxylic acids is 3. The number of aliphatic carboxylic acids is 1. The Kier molecular flexibility index (Phi) is 9.65. The molecule has 0 aromatic heterocycles. The number of esters is 2. The van der Waals surface area contributed by atoms with E-state index in [1.165, 1.54) is 5.57 Å². The lowest BCUT2D eigenvalue weighted by Crippen LogP contribution is -2.69. The Morgan fingerprint density at radius 3 is 2.32 bits per heavy atom. The van der Waals surface area contributed by atoms with Gasteiger partial charge in [0.2, 0.25) is 0 Å². The zero-order valence-electron chi connectivity index (χ0n) is 35.9. The molecule has 6 fully saturated rings. The number of allylic oxidation sites excluding steroid dienone is 1. The number of halogens is 1. The van der Waals surface area contributed by atoms with Crippen molar-refractivity contribution < 1.29 is 33.8 Å². The van der Waals surface area contributed by atoms with Gasteiger partial charge in [0.25, 0.3) is 0 Å². The Morgan fingerprint density at radius 1 is 0.947 bits per heavy atom. The molecule has 7 aliphatic rings. The fraction of sp³-hybridized carbons (Fsp3) is 0.750. The van der Waals surface area contributed by atoms with Crippen LogP contribution in [0.4, 0.5) is 0 Å². The number of morpholine rings is 1. The molecule has 1 aromatic rings. The van der Waals surface area contributed by atoms with Crippen molar-refractivity contribution in [2.75, 3.05) is 13.1 Å². The minimum absolute atomic E-state index is 0.0266. The van der Waals surface area contributed by atoms with Crippen LogP contribution in [0, 0.1) is 62.1 Å². The van der Waals surface area contributed by atoms with Gasteiger partial charge in [0, 0.05) is 35.4 Å². The smallest absolute Gasteiger partial charge is 0.320 e. The zero-order valence-corrected chi connectivity index (χ0v) is 36.7. The van der Waals surface area contributed by atoms with Gasteiger partial charge in [-0.3, -0.25) is 24.1 Å². The van der Waals surface area contributed by atoms with E-state index in [0.717, 1.165) is 68.9 Å². The summed E-state index contributed by atoms with van der Waals surface area (Å²) in [6.45, 7) is 21.3. The first-order valence-corrected chi connectivity index (χ1v) is 22.3. The number of Topliss-reactive ketones (excluding diaryl/α,β-unsaturated/α-hetero) is 1. The van der Waals surface area contributed by atoms with Crippen LogP contribution in [0.25, 0.3) is 0 Å². The monoisotopic (exact) mass is 803 g/mol. The van der Waals surface area contributed by atoms with Crippen molar-refractivity contribution in [3.05, 3.63) is 46.0 Å². The van der Waals surface area contributed by atoms with Gasteiger partial charge in [0.1, 0.15) is 11.7 Å². The van der Waals surface area contributed by atoms with Crippen LogP contribution < -0.4 is 0 Å². The Hall–Kier alpha value is -2.71. The van der Waals surface area contributed by atoms with Crippen LogP contribution in [0.1, 0.15) is 139 Å². The van der Waals surface area contributed by atoms with Crippen molar-refractivity contribution in [3.8, 4) is 0 Å². The molecule has 1 N–H and O–H groups in total. The first kappa shape index (κ1) is 41.0.